The summed E-state index contributed by atoms with van der Waals surface area (Å²) in [7, 11) is 1.41. The molecule has 1 aromatic carbocycles. The van der Waals surface area contributed by atoms with Crippen molar-refractivity contribution in [3.05, 3.63) is 72.1 Å². The van der Waals surface area contributed by atoms with E-state index in [1.54, 1.807) is 24.3 Å². The van der Waals surface area contributed by atoms with Gasteiger partial charge in [0.1, 0.15) is 5.76 Å². The molecule has 0 aliphatic rings. The molecule has 0 aliphatic carbocycles. The second-order valence-electron chi connectivity index (χ2n) is 5.74. The molecule has 0 spiro atoms. The smallest absolute Gasteiger partial charge is 0.379 e. The van der Waals surface area contributed by atoms with Crippen molar-refractivity contribution in [2.24, 2.45) is 5.10 Å². The van der Waals surface area contributed by atoms with Gasteiger partial charge in [-0.3, -0.25) is 9.59 Å². The molecule has 154 valence electrons. The Bertz CT molecular complexity index is 1040. The van der Waals surface area contributed by atoms with E-state index >= 15 is 0 Å². The fourth-order valence-electron chi connectivity index (χ4n) is 2.27. The number of carbonyl (C=O) groups excluding carboxylic acids is 3. The number of nitrogens with one attached hydrogen (secondary N) is 2. The number of amides is 2. The SMILES string of the molecule is COc1cc(/C=N\NC(=O)C(=O)NCc2ccco2)ccc1OC(=O)c1ccco1. The lowest BCUT2D eigenvalue weighted by Gasteiger charge is -2.09. The number of hydrazone groups is 1. The van der Waals surface area contributed by atoms with Gasteiger partial charge in [-0.1, -0.05) is 0 Å². The Labute approximate surface area is 170 Å². The number of methoxy groups -OCH3 is 1. The molecule has 2 aromatic heterocycles. The van der Waals surface area contributed by atoms with Crippen molar-refractivity contribution >= 4 is 24.0 Å². The number of ether oxygens (including phenoxy) is 2. The minimum Gasteiger partial charge on any atom is -0.493 e. The van der Waals surface area contributed by atoms with E-state index < -0.39 is 17.8 Å². The largest absolute Gasteiger partial charge is 0.493 e. The maximum atomic E-state index is 12.0. The lowest BCUT2D eigenvalue weighted by molar-refractivity contribution is -0.139. The average Bonchev–Trinajstić information content (AvgIpc) is 3.47. The van der Waals surface area contributed by atoms with Crippen molar-refractivity contribution in [1.82, 2.24) is 10.7 Å². The van der Waals surface area contributed by atoms with Crippen molar-refractivity contribution in [2.45, 2.75) is 6.54 Å². The predicted octanol–water partition coefficient (Wildman–Crippen LogP) is 1.87. The highest BCUT2D eigenvalue weighted by Gasteiger charge is 2.15. The summed E-state index contributed by atoms with van der Waals surface area (Å²) >= 11 is 0. The summed E-state index contributed by atoms with van der Waals surface area (Å²) in [6.45, 7) is 0.0817. The summed E-state index contributed by atoms with van der Waals surface area (Å²) < 4.78 is 20.5. The van der Waals surface area contributed by atoms with Gasteiger partial charge in [0.25, 0.3) is 0 Å². The van der Waals surface area contributed by atoms with Crippen molar-refractivity contribution in [3.8, 4) is 11.5 Å². The lowest BCUT2D eigenvalue weighted by Crippen LogP contribution is -2.37. The first-order chi connectivity index (χ1) is 14.6. The molecule has 3 rings (SSSR count). The van der Waals surface area contributed by atoms with Gasteiger partial charge in [0.2, 0.25) is 5.76 Å². The molecule has 10 heteroatoms. The van der Waals surface area contributed by atoms with Gasteiger partial charge < -0.3 is 23.6 Å². The van der Waals surface area contributed by atoms with Crippen LogP contribution in [0.15, 0.2) is 68.9 Å². The van der Waals surface area contributed by atoms with Gasteiger partial charge in [0, 0.05) is 0 Å². The number of furan rings is 2. The Morgan fingerprint density at radius 2 is 1.83 bits per heavy atom. The molecular formula is C20H17N3O7. The first kappa shape index (κ1) is 20.4. The molecule has 10 nitrogen and oxygen atoms in total. The summed E-state index contributed by atoms with van der Waals surface area (Å²) in [5, 5.41) is 6.12. The van der Waals surface area contributed by atoms with E-state index in [0.29, 0.717) is 11.3 Å². The summed E-state index contributed by atoms with van der Waals surface area (Å²) in [4.78, 5) is 35.4. The van der Waals surface area contributed by atoms with E-state index in [-0.39, 0.29) is 23.8 Å². The zero-order chi connectivity index (χ0) is 21.3. The van der Waals surface area contributed by atoms with E-state index in [1.807, 2.05) is 0 Å². The number of esters is 1. The van der Waals surface area contributed by atoms with E-state index in [2.05, 4.69) is 15.8 Å². The number of benzene rings is 1. The topological polar surface area (TPSA) is 132 Å². The molecule has 0 unspecified atom stereocenters. The summed E-state index contributed by atoms with van der Waals surface area (Å²) in [6, 6.07) is 11.0. The van der Waals surface area contributed by atoms with Crippen LogP contribution in [-0.2, 0) is 16.1 Å². The molecule has 0 aliphatic heterocycles. The summed E-state index contributed by atoms with van der Waals surface area (Å²) in [5.41, 5.74) is 2.64. The minimum absolute atomic E-state index is 0.0516. The van der Waals surface area contributed by atoms with Crippen LogP contribution in [0.2, 0.25) is 0 Å². The normalized spacial score (nSPS) is 10.6. The number of rotatable bonds is 7. The van der Waals surface area contributed by atoms with Crippen LogP contribution >= 0.6 is 0 Å². The van der Waals surface area contributed by atoms with Gasteiger partial charge in [-0.25, -0.2) is 10.2 Å². The molecule has 3 aromatic rings. The molecule has 30 heavy (non-hydrogen) atoms. The predicted molar refractivity (Wildman–Crippen MR) is 103 cm³/mol. The van der Waals surface area contributed by atoms with E-state index in [1.165, 1.54) is 44.0 Å². The van der Waals surface area contributed by atoms with Crippen LogP contribution in [0.5, 0.6) is 11.5 Å². The van der Waals surface area contributed by atoms with Crippen LogP contribution in [0.3, 0.4) is 0 Å². The molecule has 0 radical (unpaired) electrons. The minimum atomic E-state index is -0.936. The lowest BCUT2D eigenvalue weighted by atomic mass is 10.2. The van der Waals surface area contributed by atoms with Crippen LogP contribution in [0, 0.1) is 0 Å². The van der Waals surface area contributed by atoms with E-state index in [4.69, 9.17) is 18.3 Å². The standard InChI is InChI=1S/C20H17N3O7/c1-27-17-10-13(6-7-15(17)30-20(26)16-5-3-9-29-16)11-22-23-19(25)18(24)21-12-14-4-2-8-28-14/h2-11H,12H2,1H3,(H,21,24)(H,23,25)/b22-11-. The van der Waals surface area contributed by atoms with Crippen molar-refractivity contribution < 1.29 is 32.7 Å². The van der Waals surface area contributed by atoms with E-state index in [0.717, 1.165) is 0 Å². The highest BCUT2D eigenvalue weighted by atomic mass is 16.6. The molecule has 0 atom stereocenters. The van der Waals surface area contributed by atoms with Gasteiger partial charge in [-0.2, -0.15) is 5.10 Å². The van der Waals surface area contributed by atoms with Crippen LogP contribution < -0.4 is 20.2 Å². The van der Waals surface area contributed by atoms with E-state index in [9.17, 15) is 14.4 Å². The zero-order valence-electron chi connectivity index (χ0n) is 15.8. The average molecular weight is 411 g/mol. The molecule has 0 saturated carbocycles. The Morgan fingerprint density at radius 1 is 1.03 bits per heavy atom. The van der Waals surface area contributed by atoms with Crippen LogP contribution in [-0.4, -0.2) is 31.1 Å². The van der Waals surface area contributed by atoms with Gasteiger partial charge in [-0.15, -0.1) is 0 Å². The van der Waals surface area contributed by atoms with Gasteiger partial charge in [-0.05, 0) is 48.0 Å². The maximum Gasteiger partial charge on any atom is 0.379 e. The zero-order valence-corrected chi connectivity index (χ0v) is 15.8. The molecule has 2 N–H and O–H groups in total. The third-order valence-electron chi connectivity index (χ3n) is 3.70. The molecule has 0 fully saturated rings. The third-order valence-corrected chi connectivity index (χ3v) is 3.70. The monoisotopic (exact) mass is 411 g/mol. The van der Waals surface area contributed by atoms with Gasteiger partial charge in [0.05, 0.1) is 32.4 Å². The van der Waals surface area contributed by atoms with Crippen LogP contribution in [0.1, 0.15) is 21.9 Å². The molecule has 0 bridgehead atoms. The number of hydrogen-bond acceptors (Lipinski definition) is 8. The highest BCUT2D eigenvalue weighted by molar-refractivity contribution is 6.35. The highest BCUT2D eigenvalue weighted by Crippen LogP contribution is 2.28. The number of carbonyl (C=O) groups is 3. The van der Waals surface area contributed by atoms with Gasteiger partial charge in [0.15, 0.2) is 11.5 Å². The molecule has 2 amide bonds. The molecule has 0 saturated heterocycles. The van der Waals surface area contributed by atoms with Crippen molar-refractivity contribution in [2.75, 3.05) is 7.11 Å². The Morgan fingerprint density at radius 3 is 2.53 bits per heavy atom. The Balaban J connectivity index is 1.55. The summed E-state index contributed by atoms with van der Waals surface area (Å²) in [5.74, 6) is -1.46. The van der Waals surface area contributed by atoms with Gasteiger partial charge >= 0.3 is 17.8 Å². The Kier molecular flexibility index (Phi) is 6.62. The van der Waals surface area contributed by atoms with Crippen molar-refractivity contribution in [1.29, 1.82) is 0 Å². The summed E-state index contributed by atoms with van der Waals surface area (Å²) in [6.07, 6.45) is 4.13. The Hall–Kier alpha value is -4.34. The number of nitrogens with zero attached hydrogens (tertiary/aromatic N) is 1. The fourth-order valence-corrected chi connectivity index (χ4v) is 2.27. The third kappa shape index (κ3) is 5.35. The van der Waals surface area contributed by atoms with Crippen LogP contribution in [0.25, 0.3) is 0 Å². The fraction of sp³-hybridized carbons (Fsp3) is 0.100. The van der Waals surface area contributed by atoms with Crippen molar-refractivity contribution in [3.63, 3.8) is 0 Å². The number of hydrogen-bond donors (Lipinski definition) is 2. The quantitative estimate of drug-likeness (QED) is 0.199. The first-order valence-corrected chi connectivity index (χ1v) is 8.64. The maximum absolute atomic E-state index is 12.0. The first-order valence-electron chi connectivity index (χ1n) is 8.64. The molecular weight excluding hydrogens is 394 g/mol. The second-order valence-corrected chi connectivity index (χ2v) is 5.74. The van der Waals surface area contributed by atoms with Crippen LogP contribution in [0.4, 0.5) is 0 Å². The molecule has 2 heterocycles. The second kappa shape index (κ2) is 9.73.